The van der Waals surface area contributed by atoms with Gasteiger partial charge in [-0.2, -0.15) is 9.41 Å². The first-order chi connectivity index (χ1) is 13.9. The summed E-state index contributed by atoms with van der Waals surface area (Å²) >= 11 is 0. The van der Waals surface area contributed by atoms with Crippen molar-refractivity contribution in [3.63, 3.8) is 0 Å². The number of hydrazone groups is 1. The lowest BCUT2D eigenvalue weighted by atomic mass is 10.1. The highest BCUT2D eigenvalue weighted by Gasteiger charge is 2.26. The molecule has 154 valence electrons. The highest BCUT2D eigenvalue weighted by atomic mass is 32.2. The van der Waals surface area contributed by atoms with Gasteiger partial charge < -0.3 is 0 Å². The Morgan fingerprint density at radius 3 is 2.34 bits per heavy atom. The van der Waals surface area contributed by atoms with E-state index in [-0.39, 0.29) is 18.0 Å². The standard InChI is InChI=1S/C22H27N3O3S/c1-18-11-13-21(14-12-18)29(27,28)25(16-15-19-7-3-2-4-8-19)17-22(26)24-23-20-9-5-6-10-20/h2-4,7-8,11-14H,5-6,9-10,15-17H2,1H3,(H,24,26). The van der Waals surface area contributed by atoms with Gasteiger partial charge >= 0.3 is 0 Å². The molecule has 1 aliphatic rings. The fourth-order valence-corrected chi connectivity index (χ4v) is 4.67. The quantitative estimate of drug-likeness (QED) is 0.675. The van der Waals surface area contributed by atoms with Crippen LogP contribution in [-0.2, 0) is 21.2 Å². The Balaban J connectivity index is 1.75. The minimum Gasteiger partial charge on any atom is -0.272 e. The third kappa shape index (κ3) is 5.98. The topological polar surface area (TPSA) is 78.8 Å². The van der Waals surface area contributed by atoms with Gasteiger partial charge in [0.2, 0.25) is 10.0 Å². The number of benzene rings is 2. The van der Waals surface area contributed by atoms with Gasteiger partial charge in [0.25, 0.3) is 5.91 Å². The summed E-state index contributed by atoms with van der Waals surface area (Å²) in [6.07, 6.45) is 4.46. The largest absolute Gasteiger partial charge is 0.272 e. The molecule has 0 aliphatic heterocycles. The molecule has 0 aromatic heterocycles. The highest BCUT2D eigenvalue weighted by Crippen LogP contribution is 2.17. The molecule has 0 bridgehead atoms. The molecule has 3 rings (SSSR count). The van der Waals surface area contributed by atoms with E-state index >= 15 is 0 Å². The minimum atomic E-state index is -3.80. The molecule has 1 fully saturated rings. The first kappa shape index (κ1) is 21.2. The Morgan fingerprint density at radius 1 is 1.03 bits per heavy atom. The molecule has 0 spiro atoms. The van der Waals surface area contributed by atoms with Gasteiger partial charge in [0.05, 0.1) is 11.4 Å². The Bertz CT molecular complexity index is 947. The van der Waals surface area contributed by atoms with Gasteiger partial charge in [-0.25, -0.2) is 13.8 Å². The van der Waals surface area contributed by atoms with Crippen molar-refractivity contribution in [3.8, 4) is 0 Å². The van der Waals surface area contributed by atoms with E-state index in [1.54, 1.807) is 24.3 Å². The van der Waals surface area contributed by atoms with Gasteiger partial charge in [0.1, 0.15) is 0 Å². The molecular weight excluding hydrogens is 386 g/mol. The number of hydrogen-bond acceptors (Lipinski definition) is 4. The Kier molecular flexibility index (Phi) is 7.17. The van der Waals surface area contributed by atoms with Crippen molar-refractivity contribution in [3.05, 3.63) is 65.7 Å². The van der Waals surface area contributed by atoms with Crippen LogP contribution in [0.1, 0.15) is 36.8 Å². The second-order valence-electron chi connectivity index (χ2n) is 7.31. The molecule has 0 radical (unpaired) electrons. The zero-order valence-corrected chi connectivity index (χ0v) is 17.5. The van der Waals surface area contributed by atoms with Gasteiger partial charge in [-0.1, -0.05) is 48.0 Å². The second kappa shape index (κ2) is 9.80. The summed E-state index contributed by atoms with van der Waals surface area (Å²) in [5.41, 5.74) is 5.49. The monoisotopic (exact) mass is 413 g/mol. The van der Waals surface area contributed by atoms with Crippen molar-refractivity contribution in [1.82, 2.24) is 9.73 Å². The van der Waals surface area contributed by atoms with Gasteiger partial charge in [-0.05, 0) is 56.7 Å². The maximum absolute atomic E-state index is 13.2. The summed E-state index contributed by atoms with van der Waals surface area (Å²) in [6.45, 7) is 1.85. The Morgan fingerprint density at radius 2 is 1.69 bits per heavy atom. The number of aryl methyl sites for hydroxylation is 1. The van der Waals surface area contributed by atoms with Crippen LogP contribution in [0.25, 0.3) is 0 Å². The molecule has 1 aliphatic carbocycles. The molecule has 0 saturated heterocycles. The molecule has 1 saturated carbocycles. The maximum atomic E-state index is 13.2. The second-order valence-corrected chi connectivity index (χ2v) is 9.25. The van der Waals surface area contributed by atoms with Crippen LogP contribution in [0.3, 0.4) is 0 Å². The average Bonchev–Trinajstić information content (AvgIpc) is 3.24. The van der Waals surface area contributed by atoms with Crippen LogP contribution in [0, 0.1) is 6.92 Å². The molecule has 2 aromatic rings. The van der Waals surface area contributed by atoms with Crippen molar-refractivity contribution < 1.29 is 13.2 Å². The average molecular weight is 414 g/mol. The van der Waals surface area contributed by atoms with Crippen LogP contribution < -0.4 is 5.43 Å². The van der Waals surface area contributed by atoms with Crippen LogP contribution in [0.5, 0.6) is 0 Å². The van der Waals surface area contributed by atoms with E-state index in [9.17, 15) is 13.2 Å². The SMILES string of the molecule is Cc1ccc(S(=O)(=O)N(CCc2ccccc2)CC(=O)NN=C2CCCC2)cc1. The van der Waals surface area contributed by atoms with E-state index in [2.05, 4.69) is 10.5 Å². The van der Waals surface area contributed by atoms with Gasteiger partial charge in [-0.3, -0.25) is 4.79 Å². The summed E-state index contributed by atoms with van der Waals surface area (Å²) < 4.78 is 27.6. The highest BCUT2D eigenvalue weighted by molar-refractivity contribution is 7.89. The van der Waals surface area contributed by atoms with E-state index < -0.39 is 15.9 Å². The molecule has 2 aromatic carbocycles. The fourth-order valence-electron chi connectivity index (χ4n) is 3.27. The van der Waals surface area contributed by atoms with Crippen molar-refractivity contribution in [2.75, 3.05) is 13.1 Å². The number of carbonyl (C=O) groups is 1. The molecule has 0 heterocycles. The van der Waals surface area contributed by atoms with E-state index in [0.717, 1.165) is 42.5 Å². The van der Waals surface area contributed by atoms with E-state index in [1.165, 1.54) is 4.31 Å². The molecule has 7 heteroatoms. The zero-order valence-electron chi connectivity index (χ0n) is 16.7. The lowest BCUT2D eigenvalue weighted by Crippen LogP contribution is -2.40. The number of nitrogens with zero attached hydrogens (tertiary/aromatic N) is 2. The van der Waals surface area contributed by atoms with Gasteiger partial charge in [0.15, 0.2) is 0 Å². The summed E-state index contributed by atoms with van der Waals surface area (Å²) in [5.74, 6) is -0.423. The predicted octanol–water partition coefficient (Wildman–Crippen LogP) is 3.27. The summed E-state index contributed by atoms with van der Waals surface area (Å²) in [5, 5.41) is 4.16. The van der Waals surface area contributed by atoms with Crippen molar-refractivity contribution >= 4 is 21.6 Å². The summed E-state index contributed by atoms with van der Waals surface area (Å²) in [4.78, 5) is 12.6. The van der Waals surface area contributed by atoms with Crippen LogP contribution >= 0.6 is 0 Å². The molecule has 1 N–H and O–H groups in total. The van der Waals surface area contributed by atoms with Crippen molar-refractivity contribution in [2.45, 2.75) is 43.9 Å². The van der Waals surface area contributed by atoms with Crippen LogP contribution in [0.2, 0.25) is 0 Å². The first-order valence-corrected chi connectivity index (χ1v) is 11.3. The number of sulfonamides is 1. The molecule has 6 nitrogen and oxygen atoms in total. The summed E-state index contributed by atoms with van der Waals surface area (Å²) in [6, 6.07) is 16.3. The number of rotatable bonds is 8. The third-order valence-electron chi connectivity index (χ3n) is 4.99. The van der Waals surface area contributed by atoms with Gasteiger partial charge in [0, 0.05) is 12.3 Å². The van der Waals surface area contributed by atoms with E-state index in [4.69, 9.17) is 0 Å². The van der Waals surface area contributed by atoms with Crippen LogP contribution in [0.15, 0.2) is 64.6 Å². The van der Waals surface area contributed by atoms with Crippen molar-refractivity contribution in [2.24, 2.45) is 5.10 Å². The van der Waals surface area contributed by atoms with Crippen LogP contribution in [0.4, 0.5) is 0 Å². The number of hydrogen-bond donors (Lipinski definition) is 1. The lowest BCUT2D eigenvalue weighted by molar-refractivity contribution is -0.121. The zero-order chi connectivity index (χ0) is 20.7. The third-order valence-corrected chi connectivity index (χ3v) is 6.85. The Labute approximate surface area is 172 Å². The van der Waals surface area contributed by atoms with Crippen molar-refractivity contribution in [1.29, 1.82) is 0 Å². The molecule has 1 amide bonds. The molecule has 0 atom stereocenters. The fraction of sp³-hybridized carbons (Fsp3) is 0.364. The molecule has 0 unspecified atom stereocenters. The number of nitrogens with one attached hydrogen (secondary N) is 1. The molecular formula is C22H27N3O3S. The summed E-state index contributed by atoms with van der Waals surface area (Å²) in [7, 11) is -3.80. The first-order valence-electron chi connectivity index (χ1n) is 9.90. The van der Waals surface area contributed by atoms with E-state index in [1.807, 2.05) is 37.3 Å². The lowest BCUT2D eigenvalue weighted by Gasteiger charge is -2.21. The predicted molar refractivity (Wildman–Crippen MR) is 114 cm³/mol. The van der Waals surface area contributed by atoms with Crippen LogP contribution in [-0.4, -0.2) is 37.4 Å². The van der Waals surface area contributed by atoms with Gasteiger partial charge in [-0.15, -0.1) is 0 Å². The maximum Gasteiger partial charge on any atom is 0.255 e. The molecule has 29 heavy (non-hydrogen) atoms. The van der Waals surface area contributed by atoms with E-state index in [0.29, 0.717) is 6.42 Å². The normalized spacial score (nSPS) is 14.2. The number of carbonyl (C=O) groups excluding carboxylic acids is 1. The smallest absolute Gasteiger partial charge is 0.255 e. The Hall–Kier alpha value is -2.51. The number of amides is 1. The minimum absolute atomic E-state index is 0.186.